The van der Waals surface area contributed by atoms with E-state index in [0.717, 1.165) is 6.42 Å². The molecule has 0 radical (unpaired) electrons. The molecule has 0 aliphatic heterocycles. The van der Waals surface area contributed by atoms with Crippen LogP contribution in [0.4, 0.5) is 5.69 Å². The molecular weight excluding hydrogens is 264 g/mol. The first-order chi connectivity index (χ1) is 9.05. The maximum atomic E-state index is 11.8. The first-order valence-corrected chi connectivity index (χ1v) is 6.85. The lowest BCUT2D eigenvalue weighted by Crippen LogP contribution is -2.40. The molecular formula is C14H21ClN2O2. The number of aliphatic hydroxyl groups is 1. The molecule has 0 aliphatic rings. The third-order valence-corrected chi connectivity index (χ3v) is 3.07. The van der Waals surface area contributed by atoms with Gasteiger partial charge in [0.2, 0.25) is 5.91 Å². The second-order valence-corrected chi connectivity index (χ2v) is 5.05. The maximum absolute atomic E-state index is 11.8. The van der Waals surface area contributed by atoms with E-state index in [1.807, 2.05) is 13.8 Å². The summed E-state index contributed by atoms with van der Waals surface area (Å²) >= 11 is 5.85. The van der Waals surface area contributed by atoms with E-state index in [0.29, 0.717) is 17.1 Å². The van der Waals surface area contributed by atoms with Crippen molar-refractivity contribution >= 4 is 23.2 Å². The molecule has 0 heterocycles. The first-order valence-electron chi connectivity index (χ1n) is 6.47. The SMILES string of the molecule is CCC(CO)NC(C)CC(=O)Nc1cccc(Cl)c1. The van der Waals surface area contributed by atoms with Crippen molar-refractivity contribution in [1.82, 2.24) is 5.32 Å². The van der Waals surface area contributed by atoms with Crippen molar-refractivity contribution in [1.29, 1.82) is 0 Å². The van der Waals surface area contributed by atoms with E-state index < -0.39 is 0 Å². The van der Waals surface area contributed by atoms with Gasteiger partial charge in [0.25, 0.3) is 0 Å². The monoisotopic (exact) mass is 284 g/mol. The van der Waals surface area contributed by atoms with Crippen molar-refractivity contribution in [3.05, 3.63) is 29.3 Å². The van der Waals surface area contributed by atoms with Crippen molar-refractivity contribution < 1.29 is 9.90 Å². The predicted octanol–water partition coefficient (Wildman–Crippen LogP) is 2.42. The van der Waals surface area contributed by atoms with E-state index >= 15 is 0 Å². The van der Waals surface area contributed by atoms with E-state index in [-0.39, 0.29) is 24.6 Å². The lowest BCUT2D eigenvalue weighted by atomic mass is 10.1. The van der Waals surface area contributed by atoms with Gasteiger partial charge in [0.1, 0.15) is 0 Å². The van der Waals surface area contributed by atoms with Gasteiger partial charge in [-0.1, -0.05) is 24.6 Å². The topological polar surface area (TPSA) is 61.4 Å². The molecule has 0 aliphatic carbocycles. The third-order valence-electron chi connectivity index (χ3n) is 2.83. The Balaban J connectivity index is 2.42. The number of carbonyl (C=O) groups excluding carboxylic acids is 1. The zero-order valence-corrected chi connectivity index (χ0v) is 12.1. The highest BCUT2D eigenvalue weighted by atomic mass is 35.5. The zero-order chi connectivity index (χ0) is 14.3. The Morgan fingerprint density at radius 2 is 2.21 bits per heavy atom. The van der Waals surface area contributed by atoms with Crippen molar-refractivity contribution in [3.8, 4) is 0 Å². The Labute approximate surface area is 119 Å². The quantitative estimate of drug-likeness (QED) is 0.721. The van der Waals surface area contributed by atoms with Gasteiger partial charge in [-0.25, -0.2) is 0 Å². The molecule has 3 N–H and O–H groups in total. The molecule has 1 aromatic carbocycles. The lowest BCUT2D eigenvalue weighted by Gasteiger charge is -2.20. The van der Waals surface area contributed by atoms with Crippen molar-refractivity contribution in [2.45, 2.75) is 38.8 Å². The normalized spacial score (nSPS) is 13.9. The first kappa shape index (κ1) is 16.0. The molecule has 0 saturated heterocycles. The molecule has 0 spiro atoms. The largest absolute Gasteiger partial charge is 0.395 e. The Hall–Kier alpha value is -1.10. The minimum Gasteiger partial charge on any atom is -0.395 e. The number of aliphatic hydroxyl groups excluding tert-OH is 1. The van der Waals surface area contributed by atoms with Crippen LogP contribution in [0.2, 0.25) is 5.02 Å². The Morgan fingerprint density at radius 1 is 1.47 bits per heavy atom. The van der Waals surface area contributed by atoms with Crippen LogP contribution < -0.4 is 10.6 Å². The fraction of sp³-hybridized carbons (Fsp3) is 0.500. The molecule has 19 heavy (non-hydrogen) atoms. The summed E-state index contributed by atoms with van der Waals surface area (Å²) in [5.41, 5.74) is 0.693. The minimum absolute atomic E-state index is 0.0104. The predicted molar refractivity (Wildman–Crippen MR) is 78.5 cm³/mol. The number of carbonyl (C=O) groups is 1. The molecule has 0 saturated carbocycles. The third kappa shape index (κ3) is 6.05. The number of rotatable bonds is 7. The molecule has 0 aromatic heterocycles. The van der Waals surface area contributed by atoms with Crippen LogP contribution in [-0.4, -0.2) is 29.7 Å². The van der Waals surface area contributed by atoms with Gasteiger partial charge in [-0.2, -0.15) is 0 Å². The molecule has 0 fully saturated rings. The molecule has 2 atom stereocenters. The summed E-state index contributed by atoms with van der Waals surface area (Å²) in [4.78, 5) is 11.8. The molecule has 5 heteroatoms. The molecule has 4 nitrogen and oxygen atoms in total. The van der Waals surface area contributed by atoms with Crippen LogP contribution in [0.15, 0.2) is 24.3 Å². The second-order valence-electron chi connectivity index (χ2n) is 4.62. The highest BCUT2D eigenvalue weighted by Crippen LogP contribution is 2.15. The number of hydrogen-bond donors (Lipinski definition) is 3. The zero-order valence-electron chi connectivity index (χ0n) is 11.3. The van der Waals surface area contributed by atoms with Gasteiger partial charge < -0.3 is 15.7 Å². The van der Waals surface area contributed by atoms with E-state index in [9.17, 15) is 4.79 Å². The highest BCUT2D eigenvalue weighted by molar-refractivity contribution is 6.30. The Bertz CT molecular complexity index is 408. The Morgan fingerprint density at radius 3 is 2.79 bits per heavy atom. The van der Waals surface area contributed by atoms with Crippen molar-refractivity contribution in [3.63, 3.8) is 0 Å². The molecule has 1 aromatic rings. The number of amides is 1. The van der Waals surface area contributed by atoms with Gasteiger partial charge in [-0.05, 0) is 31.5 Å². The van der Waals surface area contributed by atoms with Gasteiger partial charge in [0, 0.05) is 29.2 Å². The van der Waals surface area contributed by atoms with Crippen LogP contribution in [0.5, 0.6) is 0 Å². The van der Waals surface area contributed by atoms with Gasteiger partial charge in [0.05, 0.1) is 6.61 Å². The van der Waals surface area contributed by atoms with E-state index in [2.05, 4.69) is 10.6 Å². The molecule has 106 valence electrons. The minimum atomic E-state index is -0.0740. The van der Waals surface area contributed by atoms with Crippen LogP contribution in [0.1, 0.15) is 26.7 Å². The van der Waals surface area contributed by atoms with E-state index in [4.69, 9.17) is 16.7 Å². The number of anilines is 1. The highest BCUT2D eigenvalue weighted by Gasteiger charge is 2.13. The molecule has 2 unspecified atom stereocenters. The van der Waals surface area contributed by atoms with Crippen LogP contribution in [0.3, 0.4) is 0 Å². The summed E-state index contributed by atoms with van der Waals surface area (Å²) in [6.45, 7) is 4.00. The smallest absolute Gasteiger partial charge is 0.225 e. The Kier molecular flexibility index (Phi) is 6.84. The summed E-state index contributed by atoms with van der Waals surface area (Å²) in [6.07, 6.45) is 1.18. The summed E-state index contributed by atoms with van der Waals surface area (Å²) in [7, 11) is 0. The number of halogens is 1. The summed E-state index contributed by atoms with van der Waals surface area (Å²) in [5, 5.41) is 15.7. The van der Waals surface area contributed by atoms with Gasteiger partial charge >= 0.3 is 0 Å². The standard InChI is InChI=1S/C14H21ClN2O2/c1-3-12(9-18)16-10(2)7-14(19)17-13-6-4-5-11(15)8-13/h4-6,8,10,12,16,18H,3,7,9H2,1-2H3,(H,17,19). The fourth-order valence-corrected chi connectivity index (χ4v) is 2.01. The maximum Gasteiger partial charge on any atom is 0.225 e. The van der Waals surface area contributed by atoms with Crippen molar-refractivity contribution in [2.24, 2.45) is 0 Å². The average molecular weight is 285 g/mol. The van der Waals surface area contributed by atoms with Crippen LogP contribution in [-0.2, 0) is 4.79 Å². The summed E-state index contributed by atoms with van der Waals surface area (Å²) in [6, 6.07) is 7.10. The van der Waals surface area contributed by atoms with Crippen LogP contribution >= 0.6 is 11.6 Å². The number of benzene rings is 1. The second kappa shape index (κ2) is 8.15. The van der Waals surface area contributed by atoms with Crippen LogP contribution in [0.25, 0.3) is 0 Å². The number of nitrogens with one attached hydrogen (secondary N) is 2. The summed E-state index contributed by atoms with van der Waals surface area (Å²) < 4.78 is 0. The lowest BCUT2D eigenvalue weighted by molar-refractivity contribution is -0.116. The van der Waals surface area contributed by atoms with Gasteiger partial charge in [-0.15, -0.1) is 0 Å². The average Bonchev–Trinajstić information content (AvgIpc) is 2.35. The van der Waals surface area contributed by atoms with E-state index in [1.54, 1.807) is 24.3 Å². The number of hydrogen-bond acceptors (Lipinski definition) is 3. The van der Waals surface area contributed by atoms with Gasteiger partial charge in [-0.3, -0.25) is 4.79 Å². The van der Waals surface area contributed by atoms with Crippen molar-refractivity contribution in [2.75, 3.05) is 11.9 Å². The van der Waals surface area contributed by atoms with Gasteiger partial charge in [0.15, 0.2) is 0 Å². The molecule has 0 bridgehead atoms. The van der Waals surface area contributed by atoms with Crippen LogP contribution in [0, 0.1) is 0 Å². The molecule has 1 rings (SSSR count). The molecule has 1 amide bonds. The van der Waals surface area contributed by atoms with E-state index in [1.165, 1.54) is 0 Å². The fourth-order valence-electron chi connectivity index (χ4n) is 1.82. The summed E-state index contributed by atoms with van der Waals surface area (Å²) in [5.74, 6) is -0.0740.